The number of carbonyl (C=O) groups excluding carboxylic acids is 1. The van der Waals surface area contributed by atoms with Crippen molar-refractivity contribution in [1.82, 2.24) is 4.57 Å². The topological polar surface area (TPSA) is 136 Å². The number of nitro groups is 1. The van der Waals surface area contributed by atoms with Crippen LogP contribution >= 0.6 is 11.3 Å². The number of fused-ring (bicyclic) bond motifs is 1. The third-order valence-corrected chi connectivity index (χ3v) is 7.27. The summed E-state index contributed by atoms with van der Waals surface area (Å²) in [5.41, 5.74) is 0.628. The molecule has 1 aliphatic heterocycles. The van der Waals surface area contributed by atoms with E-state index in [2.05, 4.69) is 0 Å². The third-order valence-electron chi connectivity index (χ3n) is 6.29. The maximum absolute atomic E-state index is 13.9. The van der Waals surface area contributed by atoms with E-state index >= 15 is 0 Å². The highest BCUT2D eigenvalue weighted by Gasteiger charge is 2.35. The van der Waals surface area contributed by atoms with E-state index in [1.807, 2.05) is 30.3 Å². The van der Waals surface area contributed by atoms with E-state index in [9.17, 15) is 24.8 Å². The average Bonchev–Trinajstić information content (AvgIpc) is 3.28. The standard InChI is InChI=1S/C29H23N3O7S/c1-3-39-28(35)23-24(17-9-5-4-6-10-17)30-29-31(25(23)18-11-7-13-20(15-18)38-2)27(34)22(40-29)16-19-12-8-14-21(26(19)33)32(36)37/h4-16,25,33H,3H2,1-2H3/p-1/b22-16+/t25-/m0/s1. The van der Waals surface area contributed by atoms with Crippen molar-refractivity contribution >= 4 is 34.8 Å². The Morgan fingerprint density at radius 1 is 1.12 bits per heavy atom. The molecule has 0 N–H and O–H groups in total. The number of hydrogen-bond acceptors (Lipinski definition) is 9. The smallest absolute Gasteiger partial charge is 0.338 e. The first-order valence-corrected chi connectivity index (χ1v) is 13.0. The van der Waals surface area contributed by atoms with Crippen molar-refractivity contribution < 1.29 is 24.3 Å². The van der Waals surface area contributed by atoms with Crippen molar-refractivity contribution in [1.29, 1.82) is 0 Å². The number of carbonyl (C=O) groups is 1. The molecule has 0 aliphatic carbocycles. The minimum atomic E-state index is -0.931. The largest absolute Gasteiger partial charge is 0.867 e. The van der Waals surface area contributed by atoms with Gasteiger partial charge in [-0.3, -0.25) is 19.5 Å². The van der Waals surface area contributed by atoms with Crippen LogP contribution in [0.25, 0.3) is 11.8 Å². The molecular weight excluding hydrogens is 534 g/mol. The maximum Gasteiger partial charge on any atom is 0.338 e. The highest BCUT2D eigenvalue weighted by atomic mass is 32.1. The molecule has 4 aromatic rings. The van der Waals surface area contributed by atoms with Gasteiger partial charge in [0.05, 0.1) is 40.5 Å². The second-order valence-electron chi connectivity index (χ2n) is 8.66. The van der Waals surface area contributed by atoms with Gasteiger partial charge in [-0.2, -0.15) is 0 Å². The van der Waals surface area contributed by atoms with Crippen LogP contribution in [0.5, 0.6) is 11.5 Å². The molecule has 1 aliphatic rings. The van der Waals surface area contributed by atoms with Gasteiger partial charge in [-0.15, -0.1) is 0 Å². The summed E-state index contributed by atoms with van der Waals surface area (Å²) in [6.45, 7) is 1.80. The molecule has 0 amide bonds. The highest BCUT2D eigenvalue weighted by Crippen LogP contribution is 2.36. The molecule has 11 heteroatoms. The zero-order chi connectivity index (χ0) is 28.4. The van der Waals surface area contributed by atoms with Crippen LogP contribution in [0, 0.1) is 10.1 Å². The molecule has 0 spiro atoms. The molecule has 0 saturated heterocycles. The van der Waals surface area contributed by atoms with Gasteiger partial charge in [0.25, 0.3) is 11.2 Å². The number of methoxy groups -OCH3 is 1. The SMILES string of the molecule is CCOC(=O)C1=C(c2ccccc2)N=c2s/c(=C/c3cccc([N+](=O)[O-])c3[O-])c(=O)n2[C@H]1c1cccc(OC)c1. The number of ether oxygens (including phenoxy) is 2. The number of hydrogen-bond donors (Lipinski definition) is 0. The van der Waals surface area contributed by atoms with Crippen molar-refractivity contribution in [2.75, 3.05) is 13.7 Å². The zero-order valence-corrected chi connectivity index (χ0v) is 22.2. The van der Waals surface area contributed by atoms with Crippen LogP contribution in [-0.4, -0.2) is 29.2 Å². The van der Waals surface area contributed by atoms with Gasteiger partial charge in [-0.05, 0) is 42.0 Å². The first kappa shape index (κ1) is 26.6. The maximum atomic E-state index is 13.9. The Morgan fingerprint density at radius 3 is 2.58 bits per heavy atom. The fourth-order valence-electron chi connectivity index (χ4n) is 4.51. The molecule has 0 saturated carbocycles. The van der Waals surface area contributed by atoms with Crippen LogP contribution < -0.4 is 24.7 Å². The van der Waals surface area contributed by atoms with Crippen molar-refractivity contribution in [2.45, 2.75) is 13.0 Å². The molecule has 2 heterocycles. The lowest BCUT2D eigenvalue weighted by atomic mass is 9.93. The van der Waals surface area contributed by atoms with Crippen molar-refractivity contribution in [3.8, 4) is 11.5 Å². The highest BCUT2D eigenvalue weighted by molar-refractivity contribution is 7.07. The van der Waals surface area contributed by atoms with E-state index in [1.54, 1.807) is 31.2 Å². The number of esters is 1. The second kappa shape index (κ2) is 11.0. The van der Waals surface area contributed by atoms with E-state index < -0.39 is 33.9 Å². The molecule has 3 aromatic carbocycles. The Hall–Kier alpha value is -5.03. The van der Waals surface area contributed by atoms with Gasteiger partial charge in [0.15, 0.2) is 4.80 Å². The van der Waals surface area contributed by atoms with E-state index in [1.165, 1.54) is 29.9 Å². The van der Waals surface area contributed by atoms with Gasteiger partial charge < -0.3 is 14.6 Å². The number of nitrogens with zero attached hydrogens (tertiary/aromatic N) is 3. The number of rotatable bonds is 7. The quantitative estimate of drug-likeness (QED) is 0.194. The van der Waals surface area contributed by atoms with Gasteiger partial charge in [-0.25, -0.2) is 9.79 Å². The monoisotopic (exact) mass is 556 g/mol. The number of nitro benzene ring substituents is 1. The third kappa shape index (κ3) is 4.78. The van der Waals surface area contributed by atoms with E-state index in [-0.39, 0.29) is 27.1 Å². The summed E-state index contributed by atoms with van der Waals surface area (Å²) >= 11 is 1.02. The minimum absolute atomic E-state index is 0.00899. The summed E-state index contributed by atoms with van der Waals surface area (Å²) < 4.78 is 12.4. The second-order valence-corrected chi connectivity index (χ2v) is 9.67. The lowest BCUT2D eigenvalue weighted by Gasteiger charge is -2.26. The summed E-state index contributed by atoms with van der Waals surface area (Å²) in [7, 11) is 1.52. The molecule has 5 rings (SSSR count). The van der Waals surface area contributed by atoms with Gasteiger partial charge in [0.2, 0.25) is 0 Å². The van der Waals surface area contributed by atoms with Crippen molar-refractivity contribution in [2.24, 2.45) is 4.99 Å². The zero-order valence-electron chi connectivity index (χ0n) is 21.4. The molecular formula is C29H22N3O7S-. The molecule has 0 unspecified atom stereocenters. The number of para-hydroxylation sites is 1. The molecule has 10 nitrogen and oxygen atoms in total. The van der Waals surface area contributed by atoms with Gasteiger partial charge in [0.1, 0.15) is 5.75 Å². The predicted molar refractivity (Wildman–Crippen MR) is 147 cm³/mol. The Labute approximate surface area is 231 Å². The molecule has 40 heavy (non-hydrogen) atoms. The van der Waals surface area contributed by atoms with Gasteiger partial charge >= 0.3 is 5.97 Å². The van der Waals surface area contributed by atoms with Crippen molar-refractivity contribution in [3.63, 3.8) is 0 Å². The van der Waals surface area contributed by atoms with Crippen LogP contribution in [0.2, 0.25) is 0 Å². The average molecular weight is 557 g/mol. The van der Waals surface area contributed by atoms with Crippen LogP contribution in [0.15, 0.2) is 88.2 Å². The van der Waals surface area contributed by atoms with Crippen LogP contribution in [0.3, 0.4) is 0 Å². The van der Waals surface area contributed by atoms with Gasteiger partial charge in [-0.1, -0.05) is 65.9 Å². The summed E-state index contributed by atoms with van der Waals surface area (Å²) in [4.78, 5) is 42.9. The van der Waals surface area contributed by atoms with Crippen LogP contribution in [0.1, 0.15) is 29.7 Å². The first-order valence-electron chi connectivity index (χ1n) is 12.2. The van der Waals surface area contributed by atoms with Gasteiger partial charge in [0, 0.05) is 11.6 Å². The summed E-state index contributed by atoms with van der Waals surface area (Å²) in [5.74, 6) is -0.915. The molecule has 1 aromatic heterocycles. The Morgan fingerprint density at radius 2 is 1.88 bits per heavy atom. The Balaban J connectivity index is 1.84. The Kier molecular flexibility index (Phi) is 7.30. The Bertz CT molecular complexity index is 1840. The van der Waals surface area contributed by atoms with Crippen LogP contribution in [-0.2, 0) is 9.53 Å². The summed E-state index contributed by atoms with van der Waals surface area (Å²) in [5, 5.41) is 24.0. The molecule has 0 bridgehead atoms. The van der Waals surface area contributed by atoms with Crippen LogP contribution in [0.4, 0.5) is 5.69 Å². The number of benzene rings is 3. The minimum Gasteiger partial charge on any atom is -0.867 e. The predicted octanol–water partition coefficient (Wildman–Crippen LogP) is 2.93. The summed E-state index contributed by atoms with van der Waals surface area (Å²) in [6, 6.07) is 19.1. The number of aromatic nitrogens is 1. The molecule has 0 radical (unpaired) electrons. The fraction of sp³-hybridized carbons (Fsp3) is 0.138. The molecule has 1 atom stereocenters. The summed E-state index contributed by atoms with van der Waals surface area (Å²) in [6.07, 6.45) is 1.32. The molecule has 0 fully saturated rings. The van der Waals surface area contributed by atoms with Crippen molar-refractivity contribution in [3.05, 3.63) is 125 Å². The lowest BCUT2D eigenvalue weighted by molar-refractivity contribution is -0.398. The normalized spacial score (nSPS) is 14.8. The first-order chi connectivity index (χ1) is 19.3. The number of thiazole rings is 1. The van der Waals surface area contributed by atoms with E-state index in [0.29, 0.717) is 22.6 Å². The van der Waals surface area contributed by atoms with E-state index in [4.69, 9.17) is 14.5 Å². The molecule has 202 valence electrons. The lowest BCUT2D eigenvalue weighted by Crippen LogP contribution is -2.40. The fourth-order valence-corrected chi connectivity index (χ4v) is 5.50. The van der Waals surface area contributed by atoms with E-state index in [0.717, 1.165) is 17.4 Å².